The summed E-state index contributed by atoms with van der Waals surface area (Å²) >= 11 is 3.19. The summed E-state index contributed by atoms with van der Waals surface area (Å²) in [5, 5.41) is 0. The second-order valence-corrected chi connectivity index (χ2v) is 11.0. The third-order valence-corrected chi connectivity index (χ3v) is 8.00. The zero-order valence-corrected chi connectivity index (χ0v) is 19.2. The molecule has 0 N–H and O–H groups in total. The highest BCUT2D eigenvalue weighted by atomic mass is 32.2. The van der Waals surface area contributed by atoms with Crippen LogP contribution in [0.15, 0.2) is 52.4 Å². The van der Waals surface area contributed by atoms with Gasteiger partial charge in [0.25, 0.3) is 0 Å². The average Bonchev–Trinajstić information content (AvgIpc) is 3.02. The number of carbonyl (C=O) groups excluding carboxylic acids is 1. The maximum absolute atomic E-state index is 13.0. The number of sulfone groups is 1. The molecule has 9 heteroatoms. The fraction of sp³-hybridized carbons (Fsp3) is 0.333. The van der Waals surface area contributed by atoms with E-state index in [0.29, 0.717) is 4.80 Å². The molecule has 0 aliphatic rings. The standard InChI is InChI=1S/C21H23FN2O3S3/c1-15-5-10-18-19(14-15)29-21(24(18)11-12-28-2)23-20(25)4-3-13-30(26,27)17-8-6-16(22)7-9-17/h5-10,14H,3-4,11-13H2,1-2H3. The number of thiazole rings is 1. The molecular formula is C21H23FN2O3S3. The Kier molecular flexibility index (Phi) is 7.49. The lowest BCUT2D eigenvalue weighted by molar-refractivity contribution is -0.118. The monoisotopic (exact) mass is 466 g/mol. The van der Waals surface area contributed by atoms with Gasteiger partial charge in [0.2, 0.25) is 5.91 Å². The van der Waals surface area contributed by atoms with E-state index < -0.39 is 15.7 Å². The lowest BCUT2D eigenvalue weighted by Gasteiger charge is -2.04. The van der Waals surface area contributed by atoms with Crippen molar-refractivity contribution >= 4 is 49.1 Å². The van der Waals surface area contributed by atoms with Gasteiger partial charge in [-0.2, -0.15) is 16.8 Å². The fourth-order valence-electron chi connectivity index (χ4n) is 3.00. The largest absolute Gasteiger partial charge is 0.316 e. The van der Waals surface area contributed by atoms with Gasteiger partial charge in [0.1, 0.15) is 5.82 Å². The lowest BCUT2D eigenvalue weighted by atomic mass is 10.2. The van der Waals surface area contributed by atoms with E-state index in [-0.39, 0.29) is 29.4 Å². The van der Waals surface area contributed by atoms with Crippen molar-refractivity contribution in [2.45, 2.75) is 31.2 Å². The number of nitrogens with zero attached hydrogens (tertiary/aromatic N) is 2. The molecule has 0 bridgehead atoms. The number of thioether (sulfide) groups is 1. The van der Waals surface area contributed by atoms with E-state index >= 15 is 0 Å². The molecule has 1 heterocycles. The Bertz CT molecular complexity index is 1210. The number of halogens is 1. The molecular weight excluding hydrogens is 443 g/mol. The number of hydrogen-bond acceptors (Lipinski definition) is 5. The highest BCUT2D eigenvalue weighted by Crippen LogP contribution is 2.19. The van der Waals surface area contributed by atoms with Crippen LogP contribution in [0.5, 0.6) is 0 Å². The summed E-state index contributed by atoms with van der Waals surface area (Å²) in [4.78, 5) is 17.4. The van der Waals surface area contributed by atoms with E-state index in [9.17, 15) is 17.6 Å². The van der Waals surface area contributed by atoms with E-state index in [4.69, 9.17) is 0 Å². The number of aromatic nitrogens is 1. The highest BCUT2D eigenvalue weighted by molar-refractivity contribution is 7.98. The first kappa shape index (κ1) is 22.7. The summed E-state index contributed by atoms with van der Waals surface area (Å²) in [6.07, 6.45) is 2.23. The van der Waals surface area contributed by atoms with Crippen LogP contribution >= 0.6 is 23.1 Å². The Morgan fingerprint density at radius 3 is 2.63 bits per heavy atom. The van der Waals surface area contributed by atoms with Gasteiger partial charge in [-0.3, -0.25) is 4.79 Å². The molecule has 5 nitrogen and oxygen atoms in total. The van der Waals surface area contributed by atoms with Gasteiger partial charge in [-0.15, -0.1) is 0 Å². The summed E-state index contributed by atoms with van der Waals surface area (Å²) < 4.78 is 40.8. The summed E-state index contributed by atoms with van der Waals surface area (Å²) in [5.74, 6) is -0.115. The van der Waals surface area contributed by atoms with Crippen molar-refractivity contribution in [2.75, 3.05) is 17.8 Å². The van der Waals surface area contributed by atoms with Crippen LogP contribution in [-0.2, 0) is 21.2 Å². The molecule has 0 aliphatic heterocycles. The predicted octanol–water partition coefficient (Wildman–Crippen LogP) is 4.19. The molecule has 30 heavy (non-hydrogen) atoms. The van der Waals surface area contributed by atoms with Gasteiger partial charge < -0.3 is 4.57 Å². The molecule has 160 valence electrons. The van der Waals surface area contributed by atoms with E-state index in [0.717, 1.165) is 40.2 Å². The number of hydrogen-bond donors (Lipinski definition) is 0. The van der Waals surface area contributed by atoms with Gasteiger partial charge >= 0.3 is 0 Å². The van der Waals surface area contributed by atoms with Crippen LogP contribution in [0.25, 0.3) is 10.2 Å². The van der Waals surface area contributed by atoms with Crippen LogP contribution in [0.1, 0.15) is 18.4 Å². The number of benzene rings is 2. The Labute approximate surface area is 183 Å². The molecule has 0 saturated carbocycles. The Hall–Kier alpha value is -1.97. The smallest absolute Gasteiger partial charge is 0.248 e. The van der Waals surface area contributed by atoms with Crippen molar-refractivity contribution in [3.63, 3.8) is 0 Å². The third-order valence-electron chi connectivity index (χ3n) is 4.55. The molecule has 3 rings (SSSR count). The molecule has 0 saturated heterocycles. The summed E-state index contributed by atoms with van der Waals surface area (Å²) in [6, 6.07) is 10.9. The van der Waals surface area contributed by atoms with E-state index in [1.165, 1.54) is 23.5 Å². The van der Waals surface area contributed by atoms with E-state index in [2.05, 4.69) is 11.1 Å². The van der Waals surface area contributed by atoms with E-state index in [1.807, 2.05) is 29.9 Å². The van der Waals surface area contributed by atoms with E-state index in [1.54, 1.807) is 11.8 Å². The van der Waals surface area contributed by atoms with Gasteiger partial charge in [0, 0.05) is 18.7 Å². The summed E-state index contributed by atoms with van der Waals surface area (Å²) in [6.45, 7) is 2.77. The molecule has 0 unspecified atom stereocenters. The van der Waals surface area contributed by atoms with Crippen LogP contribution in [0, 0.1) is 12.7 Å². The van der Waals surface area contributed by atoms with Crippen molar-refractivity contribution in [1.82, 2.24) is 4.57 Å². The Morgan fingerprint density at radius 1 is 1.20 bits per heavy atom. The predicted molar refractivity (Wildman–Crippen MR) is 121 cm³/mol. The molecule has 0 aliphatic carbocycles. The topological polar surface area (TPSA) is 68.5 Å². The number of carbonyl (C=O) groups is 1. The SMILES string of the molecule is CSCCn1c(=NC(=O)CCCS(=O)(=O)c2ccc(F)cc2)sc2cc(C)ccc21. The number of aryl methyl sites for hydroxylation is 2. The maximum Gasteiger partial charge on any atom is 0.248 e. The second-order valence-electron chi connectivity index (χ2n) is 6.88. The Balaban J connectivity index is 1.74. The fourth-order valence-corrected chi connectivity index (χ4v) is 5.85. The lowest BCUT2D eigenvalue weighted by Crippen LogP contribution is -2.18. The normalized spacial score (nSPS) is 12.6. The zero-order chi connectivity index (χ0) is 21.7. The van der Waals surface area contributed by atoms with Crippen LogP contribution in [-0.4, -0.2) is 36.7 Å². The van der Waals surface area contributed by atoms with Crippen LogP contribution in [0.3, 0.4) is 0 Å². The van der Waals surface area contributed by atoms with Gasteiger partial charge in [-0.1, -0.05) is 17.4 Å². The number of amides is 1. The Morgan fingerprint density at radius 2 is 1.93 bits per heavy atom. The zero-order valence-electron chi connectivity index (χ0n) is 16.8. The van der Waals surface area contributed by atoms with Crippen molar-refractivity contribution < 1.29 is 17.6 Å². The molecule has 0 atom stereocenters. The molecule has 1 amide bonds. The first-order chi connectivity index (χ1) is 14.3. The van der Waals surface area contributed by atoms with Crippen molar-refractivity contribution in [2.24, 2.45) is 4.99 Å². The second kappa shape index (κ2) is 9.89. The minimum absolute atomic E-state index is 0.0379. The quantitative estimate of drug-likeness (QED) is 0.467. The molecule has 0 spiro atoms. The number of rotatable bonds is 8. The minimum Gasteiger partial charge on any atom is -0.316 e. The summed E-state index contributed by atoms with van der Waals surface area (Å²) in [5.41, 5.74) is 2.19. The van der Waals surface area contributed by atoms with Crippen LogP contribution in [0.2, 0.25) is 0 Å². The van der Waals surface area contributed by atoms with Gasteiger partial charge in [-0.05, 0) is 61.6 Å². The molecule has 0 radical (unpaired) electrons. The van der Waals surface area contributed by atoms with Gasteiger partial charge in [-0.25, -0.2) is 12.8 Å². The maximum atomic E-state index is 13.0. The van der Waals surface area contributed by atoms with Gasteiger partial charge in [0.15, 0.2) is 14.6 Å². The number of fused-ring (bicyclic) bond motifs is 1. The third kappa shape index (κ3) is 5.59. The summed E-state index contributed by atoms with van der Waals surface area (Å²) in [7, 11) is -3.56. The first-order valence-corrected chi connectivity index (χ1v) is 13.3. The molecule has 2 aromatic carbocycles. The highest BCUT2D eigenvalue weighted by Gasteiger charge is 2.15. The molecule has 1 aromatic heterocycles. The van der Waals surface area contributed by atoms with Gasteiger partial charge in [0.05, 0.1) is 20.9 Å². The van der Waals surface area contributed by atoms with Crippen molar-refractivity contribution in [3.05, 3.63) is 58.6 Å². The van der Waals surface area contributed by atoms with Crippen molar-refractivity contribution in [3.8, 4) is 0 Å². The van der Waals surface area contributed by atoms with Crippen LogP contribution < -0.4 is 4.80 Å². The van der Waals surface area contributed by atoms with Crippen molar-refractivity contribution in [1.29, 1.82) is 0 Å². The van der Waals surface area contributed by atoms with Crippen LogP contribution in [0.4, 0.5) is 4.39 Å². The first-order valence-electron chi connectivity index (χ1n) is 9.45. The molecule has 3 aromatic rings. The molecule has 0 fully saturated rings. The average molecular weight is 467 g/mol. The minimum atomic E-state index is -3.56.